The first-order valence-electron chi connectivity index (χ1n) is 15.3. The van der Waals surface area contributed by atoms with Gasteiger partial charge in [0.1, 0.15) is 0 Å². The summed E-state index contributed by atoms with van der Waals surface area (Å²) in [5, 5.41) is 0. The molecule has 0 spiro atoms. The minimum Gasteiger partial charge on any atom is -0.493 e. The molecule has 0 fully saturated rings. The van der Waals surface area contributed by atoms with E-state index in [1.54, 1.807) is 28.4 Å². The first-order chi connectivity index (χ1) is 20.5. The fraction of sp³-hybridized carbons (Fsp3) is 0.385. The van der Waals surface area contributed by atoms with Gasteiger partial charge in [-0.15, -0.1) is 0 Å². The molecule has 0 atom stereocenters. The zero-order valence-electron chi connectivity index (χ0n) is 27.5. The lowest BCUT2D eigenvalue weighted by atomic mass is 9.66. The third-order valence-corrected chi connectivity index (χ3v) is 10.1. The minimum absolute atomic E-state index is 0.0140. The Hall–Kier alpha value is -3.92. The van der Waals surface area contributed by atoms with Gasteiger partial charge in [-0.25, -0.2) is 0 Å². The molecule has 5 rings (SSSR count). The second-order valence-corrected chi connectivity index (χ2v) is 12.9. The fourth-order valence-electron chi connectivity index (χ4n) is 6.50. The van der Waals surface area contributed by atoms with E-state index in [4.69, 9.17) is 18.9 Å². The van der Waals surface area contributed by atoms with Crippen molar-refractivity contribution in [1.82, 2.24) is 0 Å². The quantitative estimate of drug-likeness (QED) is 0.165. The monoisotopic (exact) mass is 578 g/mol. The van der Waals surface area contributed by atoms with Gasteiger partial charge in [-0.2, -0.15) is 0 Å². The highest BCUT2D eigenvalue weighted by Gasteiger charge is 2.48. The van der Waals surface area contributed by atoms with Crippen molar-refractivity contribution in [2.75, 3.05) is 28.4 Å². The van der Waals surface area contributed by atoms with Crippen LogP contribution in [0.1, 0.15) is 87.8 Å². The molecule has 0 bridgehead atoms. The van der Waals surface area contributed by atoms with E-state index < -0.39 is 5.41 Å². The van der Waals surface area contributed by atoms with Crippen LogP contribution in [-0.4, -0.2) is 28.4 Å². The molecular formula is C39H46O4. The predicted molar refractivity (Wildman–Crippen MR) is 177 cm³/mol. The molecule has 0 saturated heterocycles. The molecule has 0 amide bonds. The molecule has 0 radical (unpaired) electrons. The summed E-state index contributed by atoms with van der Waals surface area (Å²) in [6, 6.07) is 26.9. The maximum atomic E-state index is 5.90. The normalized spacial score (nSPS) is 13.7. The number of ether oxygens (including phenoxy) is 4. The number of benzene rings is 4. The van der Waals surface area contributed by atoms with Gasteiger partial charge in [0.05, 0.1) is 33.9 Å². The van der Waals surface area contributed by atoms with Crippen molar-refractivity contribution in [3.8, 4) is 34.1 Å². The van der Waals surface area contributed by atoms with Crippen molar-refractivity contribution in [3.63, 3.8) is 0 Å². The summed E-state index contributed by atoms with van der Waals surface area (Å²) >= 11 is 0. The second kappa shape index (κ2) is 11.3. The maximum absolute atomic E-state index is 5.90. The van der Waals surface area contributed by atoms with Gasteiger partial charge in [0.25, 0.3) is 0 Å². The summed E-state index contributed by atoms with van der Waals surface area (Å²) in [6.45, 7) is 13.8. The maximum Gasteiger partial charge on any atom is 0.161 e. The van der Waals surface area contributed by atoms with E-state index in [9.17, 15) is 0 Å². The Morgan fingerprint density at radius 1 is 0.488 bits per heavy atom. The van der Waals surface area contributed by atoms with Crippen molar-refractivity contribution in [2.45, 2.75) is 70.6 Å². The average Bonchev–Trinajstić information content (AvgIpc) is 3.33. The van der Waals surface area contributed by atoms with Crippen LogP contribution in [-0.2, 0) is 16.2 Å². The SMILES string of the molecule is CCC(C)(C)c1ccc2c(c1)C(c1ccc(OC)c(OC)c1)(c1ccc(OC)c(OC)c1)c1cc(C(C)(C)CC)ccc1-2. The summed E-state index contributed by atoms with van der Waals surface area (Å²) in [5.74, 6) is 2.80. The van der Waals surface area contributed by atoms with Crippen LogP contribution in [0.25, 0.3) is 11.1 Å². The second-order valence-electron chi connectivity index (χ2n) is 12.9. The number of hydrogen-bond acceptors (Lipinski definition) is 4. The Morgan fingerprint density at radius 3 is 1.19 bits per heavy atom. The molecule has 4 heteroatoms. The van der Waals surface area contributed by atoms with Crippen molar-refractivity contribution in [3.05, 3.63) is 106 Å². The lowest BCUT2D eigenvalue weighted by Gasteiger charge is -2.36. The van der Waals surface area contributed by atoms with E-state index in [-0.39, 0.29) is 10.8 Å². The zero-order valence-corrected chi connectivity index (χ0v) is 27.5. The molecule has 0 aromatic heterocycles. The van der Waals surface area contributed by atoms with Crippen LogP contribution in [0.2, 0.25) is 0 Å². The van der Waals surface area contributed by atoms with E-state index in [0.717, 1.165) is 24.0 Å². The Kier molecular flexibility index (Phi) is 8.02. The van der Waals surface area contributed by atoms with Gasteiger partial charge in [-0.3, -0.25) is 0 Å². The molecule has 1 aliphatic rings. The summed E-state index contributed by atoms with van der Waals surface area (Å²) in [7, 11) is 6.76. The summed E-state index contributed by atoms with van der Waals surface area (Å²) in [6.07, 6.45) is 2.07. The Bertz CT molecular complexity index is 1520. The third-order valence-electron chi connectivity index (χ3n) is 10.1. The van der Waals surface area contributed by atoms with Gasteiger partial charge >= 0.3 is 0 Å². The van der Waals surface area contributed by atoms with E-state index in [1.165, 1.54) is 33.4 Å². The van der Waals surface area contributed by atoms with E-state index in [1.807, 2.05) is 12.1 Å². The van der Waals surface area contributed by atoms with Gasteiger partial charge in [0.2, 0.25) is 0 Å². The Labute approximate surface area is 258 Å². The molecule has 226 valence electrons. The molecule has 0 unspecified atom stereocenters. The highest BCUT2D eigenvalue weighted by molar-refractivity contribution is 5.87. The lowest BCUT2D eigenvalue weighted by Crippen LogP contribution is -2.30. The summed E-state index contributed by atoms with van der Waals surface area (Å²) in [4.78, 5) is 0. The van der Waals surface area contributed by atoms with Crippen LogP contribution in [0.5, 0.6) is 23.0 Å². The standard InChI is InChI=1S/C39H46O4/c1-11-37(3,4)25-13-17-29-30-18-14-26(38(5,6)12-2)22-32(30)39(31(29)21-25,27-15-19-33(40-7)35(23-27)42-9)28-16-20-34(41-8)36(24-28)43-10/h13-24H,11-12H2,1-10H3. The number of fused-ring (bicyclic) bond motifs is 3. The number of methoxy groups -OCH3 is 4. The largest absolute Gasteiger partial charge is 0.493 e. The highest BCUT2D eigenvalue weighted by Crippen LogP contribution is 2.59. The van der Waals surface area contributed by atoms with E-state index in [2.05, 4.69) is 102 Å². The van der Waals surface area contributed by atoms with Crippen molar-refractivity contribution in [1.29, 1.82) is 0 Å². The van der Waals surface area contributed by atoms with Crippen LogP contribution >= 0.6 is 0 Å². The van der Waals surface area contributed by atoms with Crippen LogP contribution < -0.4 is 18.9 Å². The van der Waals surface area contributed by atoms with Crippen LogP contribution in [0.15, 0.2) is 72.8 Å². The molecule has 43 heavy (non-hydrogen) atoms. The van der Waals surface area contributed by atoms with Gasteiger partial charge in [0, 0.05) is 0 Å². The molecule has 0 aliphatic heterocycles. The fourth-order valence-corrected chi connectivity index (χ4v) is 6.50. The molecule has 0 heterocycles. The lowest BCUT2D eigenvalue weighted by molar-refractivity contribution is 0.353. The van der Waals surface area contributed by atoms with Crippen LogP contribution in [0.4, 0.5) is 0 Å². The average molecular weight is 579 g/mol. The number of hydrogen-bond donors (Lipinski definition) is 0. The molecule has 4 aromatic carbocycles. The zero-order chi connectivity index (χ0) is 31.2. The Morgan fingerprint density at radius 2 is 0.860 bits per heavy atom. The van der Waals surface area contributed by atoms with Crippen LogP contribution in [0, 0.1) is 0 Å². The topological polar surface area (TPSA) is 36.9 Å². The Balaban J connectivity index is 1.99. The molecule has 0 saturated carbocycles. The highest BCUT2D eigenvalue weighted by atomic mass is 16.5. The third kappa shape index (κ3) is 4.76. The van der Waals surface area contributed by atoms with Gasteiger partial charge in [-0.1, -0.05) is 90.1 Å². The van der Waals surface area contributed by atoms with E-state index in [0.29, 0.717) is 23.0 Å². The van der Waals surface area contributed by atoms with Crippen LogP contribution in [0.3, 0.4) is 0 Å². The van der Waals surface area contributed by atoms with Gasteiger partial charge in [0.15, 0.2) is 23.0 Å². The first-order valence-corrected chi connectivity index (χ1v) is 15.3. The van der Waals surface area contributed by atoms with Crippen molar-refractivity contribution < 1.29 is 18.9 Å². The van der Waals surface area contributed by atoms with Gasteiger partial charge < -0.3 is 18.9 Å². The molecule has 4 nitrogen and oxygen atoms in total. The first kappa shape index (κ1) is 30.5. The molecule has 0 N–H and O–H groups in total. The summed E-state index contributed by atoms with van der Waals surface area (Å²) < 4.78 is 23.2. The number of rotatable bonds is 10. The smallest absolute Gasteiger partial charge is 0.161 e. The van der Waals surface area contributed by atoms with E-state index >= 15 is 0 Å². The van der Waals surface area contributed by atoms with Crippen molar-refractivity contribution in [2.24, 2.45) is 0 Å². The molecular weight excluding hydrogens is 532 g/mol. The van der Waals surface area contributed by atoms with Gasteiger partial charge in [-0.05, 0) is 92.4 Å². The van der Waals surface area contributed by atoms with Crippen molar-refractivity contribution >= 4 is 0 Å². The molecule has 1 aliphatic carbocycles. The summed E-state index contributed by atoms with van der Waals surface area (Å²) in [5.41, 5.74) is 9.24. The predicted octanol–water partition coefficient (Wildman–Crippen LogP) is 9.46. The minimum atomic E-state index is -0.649. The molecule has 4 aromatic rings.